The Balaban J connectivity index is 2.58. The first-order chi connectivity index (χ1) is 9.58. The number of nitrogens with one attached hydrogen (secondary N) is 1. The molecule has 0 aliphatic heterocycles. The van der Waals surface area contributed by atoms with Gasteiger partial charge in [0.15, 0.2) is 5.69 Å². The number of methoxy groups -OCH3 is 1. The number of hydrogen-bond donors (Lipinski definition) is 1. The van der Waals surface area contributed by atoms with Gasteiger partial charge < -0.3 is 9.47 Å². The van der Waals surface area contributed by atoms with E-state index >= 15 is 0 Å². The van der Waals surface area contributed by atoms with E-state index in [1.165, 1.54) is 7.11 Å². The lowest BCUT2D eigenvalue weighted by molar-refractivity contribution is 0.0520. The van der Waals surface area contributed by atoms with Gasteiger partial charge >= 0.3 is 5.97 Å². The molecular formula is C12H11BrClN3O3. The van der Waals surface area contributed by atoms with Crippen molar-refractivity contribution in [3.8, 4) is 17.0 Å². The van der Waals surface area contributed by atoms with Crippen molar-refractivity contribution in [1.29, 1.82) is 0 Å². The molecule has 106 valence electrons. The molecule has 2 rings (SSSR count). The van der Waals surface area contributed by atoms with Gasteiger partial charge in [0.05, 0.1) is 18.2 Å². The first-order valence-electron chi connectivity index (χ1n) is 5.69. The Hall–Kier alpha value is -1.60. The lowest BCUT2D eigenvalue weighted by atomic mass is 10.1. The van der Waals surface area contributed by atoms with E-state index in [1.54, 1.807) is 19.1 Å². The van der Waals surface area contributed by atoms with Crippen LogP contribution in [0.1, 0.15) is 17.4 Å². The first kappa shape index (κ1) is 14.8. The van der Waals surface area contributed by atoms with Crippen LogP contribution in [0.15, 0.2) is 16.6 Å². The van der Waals surface area contributed by atoms with Crippen LogP contribution >= 0.6 is 27.5 Å². The minimum Gasteiger partial charge on any atom is -0.495 e. The molecule has 1 aromatic carbocycles. The van der Waals surface area contributed by atoms with Gasteiger partial charge in [0.2, 0.25) is 0 Å². The number of nitrogens with zero attached hydrogens (tertiary/aromatic N) is 2. The first-order valence-corrected chi connectivity index (χ1v) is 6.86. The number of carbonyl (C=O) groups is 1. The van der Waals surface area contributed by atoms with Gasteiger partial charge in [-0.05, 0) is 35.0 Å². The van der Waals surface area contributed by atoms with Crippen LogP contribution in [0, 0.1) is 0 Å². The second kappa shape index (κ2) is 6.23. The van der Waals surface area contributed by atoms with Gasteiger partial charge in [-0.25, -0.2) is 4.79 Å². The predicted molar refractivity (Wildman–Crippen MR) is 77.0 cm³/mol. The number of H-pyrrole nitrogens is 1. The van der Waals surface area contributed by atoms with E-state index in [0.29, 0.717) is 26.5 Å². The highest BCUT2D eigenvalue weighted by molar-refractivity contribution is 9.10. The van der Waals surface area contributed by atoms with Gasteiger partial charge in [0, 0.05) is 10.6 Å². The van der Waals surface area contributed by atoms with Crippen LogP contribution in [0.25, 0.3) is 11.3 Å². The molecule has 20 heavy (non-hydrogen) atoms. The number of esters is 1. The van der Waals surface area contributed by atoms with E-state index in [9.17, 15) is 4.79 Å². The molecule has 0 saturated carbocycles. The Kier molecular flexibility index (Phi) is 4.61. The monoisotopic (exact) mass is 359 g/mol. The number of carbonyl (C=O) groups excluding carboxylic acids is 1. The molecular weight excluding hydrogens is 350 g/mol. The highest BCUT2D eigenvalue weighted by Crippen LogP contribution is 2.39. The van der Waals surface area contributed by atoms with Crippen molar-refractivity contribution in [3.05, 3.63) is 27.3 Å². The fourth-order valence-corrected chi connectivity index (χ4v) is 2.68. The lowest BCUT2D eigenvalue weighted by Crippen LogP contribution is -2.07. The van der Waals surface area contributed by atoms with E-state index in [0.717, 1.165) is 0 Å². The summed E-state index contributed by atoms with van der Waals surface area (Å²) in [6, 6.07) is 3.33. The van der Waals surface area contributed by atoms with Crippen LogP contribution in [0.2, 0.25) is 5.02 Å². The maximum Gasteiger partial charge on any atom is 0.361 e. The Morgan fingerprint density at radius 1 is 1.45 bits per heavy atom. The van der Waals surface area contributed by atoms with Crippen LogP contribution in [0.4, 0.5) is 0 Å². The van der Waals surface area contributed by atoms with Crippen molar-refractivity contribution in [1.82, 2.24) is 15.4 Å². The number of ether oxygens (including phenoxy) is 2. The zero-order chi connectivity index (χ0) is 14.7. The average Bonchev–Trinajstić information content (AvgIpc) is 2.87. The van der Waals surface area contributed by atoms with Crippen LogP contribution in [-0.4, -0.2) is 35.1 Å². The highest BCUT2D eigenvalue weighted by Gasteiger charge is 2.23. The van der Waals surface area contributed by atoms with Gasteiger partial charge in [-0.1, -0.05) is 11.6 Å². The minimum absolute atomic E-state index is 0.0827. The molecule has 6 nitrogen and oxygen atoms in total. The summed E-state index contributed by atoms with van der Waals surface area (Å²) in [7, 11) is 1.52. The quantitative estimate of drug-likeness (QED) is 0.848. The summed E-state index contributed by atoms with van der Waals surface area (Å²) in [5.74, 6) is -0.0525. The Morgan fingerprint density at radius 3 is 2.85 bits per heavy atom. The molecule has 1 aromatic heterocycles. The fourth-order valence-electron chi connectivity index (χ4n) is 1.70. The molecule has 0 saturated heterocycles. The van der Waals surface area contributed by atoms with Crippen molar-refractivity contribution >= 4 is 33.5 Å². The van der Waals surface area contributed by atoms with Crippen LogP contribution in [0.5, 0.6) is 5.75 Å². The molecule has 0 aliphatic carbocycles. The summed E-state index contributed by atoms with van der Waals surface area (Å²) in [6.45, 7) is 1.97. The van der Waals surface area contributed by atoms with E-state index < -0.39 is 5.97 Å². The molecule has 0 fully saturated rings. The topological polar surface area (TPSA) is 77.1 Å². The molecule has 0 bridgehead atoms. The van der Waals surface area contributed by atoms with Crippen molar-refractivity contribution < 1.29 is 14.3 Å². The lowest BCUT2D eigenvalue weighted by Gasteiger charge is -2.10. The summed E-state index contributed by atoms with van der Waals surface area (Å²) in [5, 5.41) is 10.7. The standard InChI is InChI=1S/C12H11BrClN3O3/c1-3-20-12(18)10-9(15-17-16-10)7-4-6(14)5-8(13)11(7)19-2/h4-5H,3H2,1-2H3,(H,15,16,17). The summed E-state index contributed by atoms with van der Waals surface area (Å²) in [6.07, 6.45) is 0. The van der Waals surface area contributed by atoms with Gasteiger partial charge in [-0.2, -0.15) is 10.3 Å². The molecule has 1 N–H and O–H groups in total. The largest absolute Gasteiger partial charge is 0.495 e. The van der Waals surface area contributed by atoms with Crippen LogP contribution in [0.3, 0.4) is 0 Å². The van der Waals surface area contributed by atoms with E-state index in [2.05, 4.69) is 31.3 Å². The number of rotatable bonds is 4. The van der Waals surface area contributed by atoms with Crippen LogP contribution < -0.4 is 4.74 Å². The molecule has 0 atom stereocenters. The van der Waals surface area contributed by atoms with Crippen molar-refractivity contribution in [2.24, 2.45) is 0 Å². The van der Waals surface area contributed by atoms with E-state index in [-0.39, 0.29) is 12.3 Å². The van der Waals surface area contributed by atoms with Gasteiger partial charge in [0.1, 0.15) is 11.4 Å². The third-order valence-electron chi connectivity index (χ3n) is 2.48. The Morgan fingerprint density at radius 2 is 2.20 bits per heavy atom. The maximum absolute atomic E-state index is 11.8. The summed E-state index contributed by atoms with van der Waals surface area (Å²) in [4.78, 5) is 11.8. The zero-order valence-corrected chi connectivity index (χ0v) is 13.1. The number of benzene rings is 1. The van der Waals surface area contributed by atoms with Gasteiger partial charge in [-0.3, -0.25) is 0 Å². The second-order valence-corrected chi connectivity index (χ2v) is 5.00. The summed E-state index contributed by atoms with van der Waals surface area (Å²) < 4.78 is 10.9. The SMILES string of the molecule is CCOC(=O)c1n[nH]nc1-c1cc(Cl)cc(Br)c1OC. The molecule has 8 heteroatoms. The third-order valence-corrected chi connectivity index (χ3v) is 3.29. The van der Waals surface area contributed by atoms with Crippen molar-refractivity contribution in [2.75, 3.05) is 13.7 Å². The number of aromatic amines is 1. The maximum atomic E-state index is 11.8. The smallest absolute Gasteiger partial charge is 0.361 e. The molecule has 0 amide bonds. The minimum atomic E-state index is -0.561. The molecule has 0 spiro atoms. The molecule has 2 aromatic rings. The average molecular weight is 361 g/mol. The van der Waals surface area contributed by atoms with Gasteiger partial charge in [-0.15, -0.1) is 5.10 Å². The molecule has 0 aliphatic rings. The van der Waals surface area contributed by atoms with Crippen molar-refractivity contribution in [2.45, 2.75) is 6.92 Å². The second-order valence-electron chi connectivity index (χ2n) is 3.71. The summed E-state index contributed by atoms with van der Waals surface area (Å²) in [5.41, 5.74) is 0.950. The van der Waals surface area contributed by atoms with Crippen LogP contribution in [-0.2, 0) is 4.74 Å². The Bertz CT molecular complexity index is 645. The van der Waals surface area contributed by atoms with Gasteiger partial charge in [0.25, 0.3) is 0 Å². The Labute approximate surface area is 128 Å². The number of halogens is 2. The fraction of sp³-hybridized carbons (Fsp3) is 0.250. The summed E-state index contributed by atoms with van der Waals surface area (Å²) >= 11 is 9.38. The number of hydrogen-bond acceptors (Lipinski definition) is 5. The normalized spacial score (nSPS) is 10.4. The third kappa shape index (κ3) is 2.78. The van der Waals surface area contributed by atoms with E-state index in [4.69, 9.17) is 21.1 Å². The molecule has 1 heterocycles. The number of aromatic nitrogens is 3. The molecule has 0 radical (unpaired) electrons. The predicted octanol–water partition coefficient (Wildman–Crippen LogP) is 3.07. The van der Waals surface area contributed by atoms with Crippen molar-refractivity contribution in [3.63, 3.8) is 0 Å². The van der Waals surface area contributed by atoms with E-state index in [1.807, 2.05) is 0 Å². The zero-order valence-electron chi connectivity index (χ0n) is 10.7. The molecule has 0 unspecified atom stereocenters. The highest BCUT2D eigenvalue weighted by atomic mass is 79.9.